The number of aromatic nitrogens is 4. The van der Waals surface area contributed by atoms with Gasteiger partial charge in [0.15, 0.2) is 6.61 Å². The van der Waals surface area contributed by atoms with Crippen LogP contribution in [0, 0.1) is 0 Å². The van der Waals surface area contributed by atoms with Gasteiger partial charge in [0.1, 0.15) is 12.3 Å². The second-order valence-electron chi connectivity index (χ2n) is 4.99. The summed E-state index contributed by atoms with van der Waals surface area (Å²) in [5.41, 5.74) is 5.32. The number of rotatable bonds is 6. The van der Waals surface area contributed by atoms with Gasteiger partial charge >= 0.3 is 0 Å². The highest BCUT2D eigenvalue weighted by Gasteiger charge is 2.10. The Morgan fingerprint density at radius 3 is 2.65 bits per heavy atom. The van der Waals surface area contributed by atoms with Gasteiger partial charge in [-0.3, -0.25) is 20.4 Å². The Kier molecular flexibility index (Phi) is 5.77. The van der Waals surface area contributed by atoms with Gasteiger partial charge in [-0.2, -0.15) is 16.1 Å². The number of hydrogen-bond acceptors (Lipinski definition) is 7. The number of carbonyl (C=O) groups excluding carboxylic acids is 2. The maximum Gasteiger partial charge on any atom is 0.276 e. The molecule has 26 heavy (non-hydrogen) atoms. The molecule has 2 heterocycles. The van der Waals surface area contributed by atoms with E-state index in [-0.39, 0.29) is 13.2 Å². The summed E-state index contributed by atoms with van der Waals surface area (Å²) in [7, 11) is 0. The second kappa shape index (κ2) is 8.41. The van der Waals surface area contributed by atoms with Crippen LogP contribution in [-0.4, -0.2) is 38.6 Å². The molecule has 0 aliphatic carbocycles. The number of amides is 2. The lowest BCUT2D eigenvalue weighted by atomic mass is 10.3. The Morgan fingerprint density at radius 1 is 1.15 bits per heavy atom. The van der Waals surface area contributed by atoms with Gasteiger partial charge in [0.2, 0.25) is 5.82 Å². The molecule has 134 valence electrons. The second-order valence-corrected chi connectivity index (χ2v) is 6.21. The van der Waals surface area contributed by atoms with Crippen molar-refractivity contribution in [2.75, 3.05) is 6.61 Å². The monoisotopic (exact) mass is 392 g/mol. The normalized spacial score (nSPS) is 10.3. The number of hydrazine groups is 1. The molecule has 2 amide bonds. The van der Waals surface area contributed by atoms with Crippen LogP contribution >= 0.6 is 22.9 Å². The topological polar surface area (TPSA) is 111 Å². The Balaban J connectivity index is 1.41. The molecule has 0 unspecified atom stereocenters. The fourth-order valence-corrected chi connectivity index (χ4v) is 2.60. The van der Waals surface area contributed by atoms with E-state index in [0.717, 1.165) is 10.4 Å². The minimum absolute atomic E-state index is 0.185. The van der Waals surface area contributed by atoms with Crippen LogP contribution < -0.4 is 15.6 Å². The molecule has 0 aliphatic rings. The number of carbonyl (C=O) groups is 2. The third kappa shape index (κ3) is 5.01. The van der Waals surface area contributed by atoms with Gasteiger partial charge in [-0.15, -0.1) is 10.2 Å². The van der Waals surface area contributed by atoms with E-state index >= 15 is 0 Å². The molecule has 3 rings (SSSR count). The molecule has 9 nitrogen and oxygen atoms in total. The first-order valence-corrected chi connectivity index (χ1v) is 8.68. The van der Waals surface area contributed by atoms with Gasteiger partial charge in [-0.1, -0.05) is 11.6 Å². The molecular weight excluding hydrogens is 380 g/mol. The van der Waals surface area contributed by atoms with E-state index in [9.17, 15) is 9.59 Å². The van der Waals surface area contributed by atoms with E-state index in [1.54, 1.807) is 24.3 Å². The van der Waals surface area contributed by atoms with E-state index in [2.05, 4.69) is 26.3 Å². The van der Waals surface area contributed by atoms with Gasteiger partial charge in [0.05, 0.1) is 0 Å². The zero-order valence-corrected chi connectivity index (χ0v) is 14.8. The lowest BCUT2D eigenvalue weighted by Gasteiger charge is -2.08. The van der Waals surface area contributed by atoms with Crippen LogP contribution in [0.4, 0.5) is 0 Å². The number of halogens is 1. The largest absolute Gasteiger partial charge is 0.484 e. The zero-order chi connectivity index (χ0) is 18.4. The Morgan fingerprint density at radius 2 is 1.92 bits per heavy atom. The number of hydrogen-bond donors (Lipinski definition) is 2. The fourth-order valence-electron chi connectivity index (χ4n) is 1.84. The highest BCUT2D eigenvalue weighted by Crippen LogP contribution is 2.16. The Hall–Kier alpha value is -2.98. The third-order valence-corrected chi connectivity index (χ3v) is 3.98. The molecule has 0 aliphatic heterocycles. The minimum Gasteiger partial charge on any atom is -0.484 e. The van der Waals surface area contributed by atoms with Gasteiger partial charge in [-0.05, 0) is 40.9 Å². The lowest BCUT2D eigenvalue weighted by molar-refractivity contribution is -0.130. The minimum atomic E-state index is -0.515. The van der Waals surface area contributed by atoms with Gasteiger partial charge < -0.3 is 4.74 Å². The van der Waals surface area contributed by atoms with Crippen molar-refractivity contribution in [2.45, 2.75) is 6.54 Å². The van der Waals surface area contributed by atoms with Crippen LogP contribution in [0.3, 0.4) is 0 Å². The summed E-state index contributed by atoms with van der Waals surface area (Å²) in [6.45, 7) is -0.443. The molecule has 0 spiro atoms. The van der Waals surface area contributed by atoms with Crippen molar-refractivity contribution in [1.29, 1.82) is 0 Å². The molecule has 0 fully saturated rings. The van der Waals surface area contributed by atoms with Crippen molar-refractivity contribution in [1.82, 2.24) is 31.1 Å². The van der Waals surface area contributed by atoms with Crippen LogP contribution in [0.15, 0.2) is 41.1 Å². The maximum atomic E-state index is 11.8. The van der Waals surface area contributed by atoms with Crippen LogP contribution in [0.5, 0.6) is 5.75 Å². The van der Waals surface area contributed by atoms with Gasteiger partial charge in [0.25, 0.3) is 11.8 Å². The summed E-state index contributed by atoms with van der Waals surface area (Å²) >= 11 is 7.27. The van der Waals surface area contributed by atoms with E-state index in [0.29, 0.717) is 16.6 Å². The van der Waals surface area contributed by atoms with Crippen molar-refractivity contribution in [3.63, 3.8) is 0 Å². The van der Waals surface area contributed by atoms with Gasteiger partial charge in [0, 0.05) is 16.0 Å². The summed E-state index contributed by atoms with van der Waals surface area (Å²) in [5.74, 6) is -0.0963. The lowest BCUT2D eigenvalue weighted by Crippen LogP contribution is -2.45. The number of benzene rings is 1. The summed E-state index contributed by atoms with van der Waals surface area (Å²) in [5, 5.41) is 16.1. The summed E-state index contributed by atoms with van der Waals surface area (Å²) in [4.78, 5) is 24.6. The molecule has 11 heteroatoms. The van der Waals surface area contributed by atoms with E-state index < -0.39 is 11.8 Å². The highest BCUT2D eigenvalue weighted by atomic mass is 35.5. The van der Waals surface area contributed by atoms with Crippen molar-refractivity contribution in [3.8, 4) is 17.1 Å². The molecule has 2 aromatic heterocycles. The van der Waals surface area contributed by atoms with Crippen molar-refractivity contribution >= 4 is 34.8 Å². The summed E-state index contributed by atoms with van der Waals surface area (Å²) < 4.78 is 5.26. The van der Waals surface area contributed by atoms with Crippen LogP contribution in [0.1, 0.15) is 0 Å². The number of nitrogens with zero attached hydrogens (tertiary/aromatic N) is 4. The SMILES string of the molecule is O=C(COc1ccc(Cl)cc1)NNC(=O)Cn1nnc(-c2ccsc2)n1. The number of tetrazole rings is 1. The molecule has 0 radical (unpaired) electrons. The van der Waals surface area contributed by atoms with Crippen molar-refractivity contribution in [2.24, 2.45) is 0 Å². The van der Waals surface area contributed by atoms with Gasteiger partial charge in [-0.25, -0.2) is 0 Å². The van der Waals surface area contributed by atoms with Crippen LogP contribution in [0.25, 0.3) is 11.4 Å². The molecule has 0 saturated carbocycles. The molecule has 0 saturated heterocycles. The molecule has 0 atom stereocenters. The fraction of sp³-hybridized carbons (Fsp3) is 0.133. The number of thiophene rings is 1. The summed E-state index contributed by atoms with van der Waals surface area (Å²) in [6, 6.07) is 8.41. The predicted molar refractivity (Wildman–Crippen MR) is 94.4 cm³/mol. The average molecular weight is 393 g/mol. The van der Waals surface area contributed by atoms with E-state index in [1.165, 1.54) is 11.3 Å². The molecule has 2 N–H and O–H groups in total. The number of nitrogens with one attached hydrogen (secondary N) is 2. The van der Waals surface area contributed by atoms with Crippen molar-refractivity contribution in [3.05, 3.63) is 46.1 Å². The molecule has 0 bridgehead atoms. The Labute approximate surface area is 156 Å². The summed E-state index contributed by atoms with van der Waals surface area (Å²) in [6.07, 6.45) is 0. The first-order chi connectivity index (χ1) is 12.6. The number of ether oxygens (including phenoxy) is 1. The quantitative estimate of drug-likeness (QED) is 0.611. The first-order valence-electron chi connectivity index (χ1n) is 7.36. The van der Waals surface area contributed by atoms with E-state index in [4.69, 9.17) is 16.3 Å². The van der Waals surface area contributed by atoms with E-state index in [1.807, 2.05) is 16.8 Å². The third-order valence-electron chi connectivity index (χ3n) is 3.04. The maximum absolute atomic E-state index is 11.8. The smallest absolute Gasteiger partial charge is 0.276 e. The average Bonchev–Trinajstić information content (AvgIpc) is 3.31. The predicted octanol–water partition coefficient (Wildman–Crippen LogP) is 1.28. The van der Waals surface area contributed by atoms with Crippen LogP contribution in [-0.2, 0) is 16.1 Å². The zero-order valence-electron chi connectivity index (χ0n) is 13.3. The molecular formula is C15H13ClN6O3S. The standard InChI is InChI=1S/C15H13ClN6O3S/c16-11-1-3-12(4-2-11)25-8-14(24)18-17-13(23)7-22-20-15(19-21-22)10-5-6-26-9-10/h1-6,9H,7-8H2,(H,17,23)(H,18,24). The van der Waals surface area contributed by atoms with Crippen LogP contribution in [0.2, 0.25) is 5.02 Å². The Bertz CT molecular complexity index is 881. The highest BCUT2D eigenvalue weighted by molar-refractivity contribution is 7.08. The molecule has 3 aromatic rings. The molecule has 1 aromatic carbocycles. The first kappa shape index (κ1) is 17.8. The van der Waals surface area contributed by atoms with Crippen molar-refractivity contribution < 1.29 is 14.3 Å².